The van der Waals surface area contributed by atoms with Crippen LogP contribution < -0.4 is 10.6 Å². The molecule has 0 bridgehead atoms. The highest BCUT2D eigenvalue weighted by atomic mass is 15.2. The van der Waals surface area contributed by atoms with Crippen molar-refractivity contribution in [1.29, 1.82) is 0 Å². The number of hydrogen-bond donors (Lipinski definition) is 3. The van der Waals surface area contributed by atoms with E-state index in [1.165, 1.54) is 0 Å². The molecule has 2 heterocycles. The summed E-state index contributed by atoms with van der Waals surface area (Å²) in [6.45, 7) is 12.7. The molecule has 0 aliphatic rings. The number of nitrogens with one attached hydrogen (secondary N) is 3. The SMILES string of the molecule is CCNc1nc(NCC(C)C(C)(C)C)c2cn[nH]c2n1. The van der Waals surface area contributed by atoms with E-state index in [4.69, 9.17) is 0 Å². The summed E-state index contributed by atoms with van der Waals surface area (Å²) < 4.78 is 0. The van der Waals surface area contributed by atoms with Crippen molar-refractivity contribution in [2.75, 3.05) is 23.7 Å². The summed E-state index contributed by atoms with van der Waals surface area (Å²) >= 11 is 0. The average Bonchev–Trinajstić information content (AvgIpc) is 2.83. The molecule has 1 unspecified atom stereocenters. The van der Waals surface area contributed by atoms with Crippen LogP contribution in [0.15, 0.2) is 6.20 Å². The van der Waals surface area contributed by atoms with Gasteiger partial charge in [0.1, 0.15) is 5.82 Å². The van der Waals surface area contributed by atoms with Gasteiger partial charge in [-0.15, -0.1) is 0 Å². The summed E-state index contributed by atoms with van der Waals surface area (Å²) in [5.41, 5.74) is 1.02. The lowest BCUT2D eigenvalue weighted by molar-refractivity contribution is 0.274. The molecule has 0 amide bonds. The van der Waals surface area contributed by atoms with Gasteiger partial charge in [-0.3, -0.25) is 5.10 Å². The van der Waals surface area contributed by atoms with Crippen molar-refractivity contribution in [2.45, 2.75) is 34.6 Å². The highest BCUT2D eigenvalue weighted by molar-refractivity contribution is 5.86. The lowest BCUT2D eigenvalue weighted by Crippen LogP contribution is -2.25. The highest BCUT2D eigenvalue weighted by Gasteiger charge is 2.20. The van der Waals surface area contributed by atoms with E-state index in [9.17, 15) is 0 Å². The van der Waals surface area contributed by atoms with Crippen molar-refractivity contribution in [2.24, 2.45) is 11.3 Å². The van der Waals surface area contributed by atoms with E-state index in [0.29, 0.717) is 11.9 Å². The third kappa shape index (κ3) is 3.18. The average molecular weight is 276 g/mol. The second kappa shape index (κ2) is 5.64. The molecule has 0 spiro atoms. The fourth-order valence-corrected chi connectivity index (χ4v) is 1.76. The van der Waals surface area contributed by atoms with Gasteiger partial charge in [-0.2, -0.15) is 15.1 Å². The van der Waals surface area contributed by atoms with Crippen LogP contribution in [0.5, 0.6) is 0 Å². The molecule has 0 radical (unpaired) electrons. The molecule has 110 valence electrons. The van der Waals surface area contributed by atoms with Gasteiger partial charge in [0.25, 0.3) is 0 Å². The first kappa shape index (κ1) is 14.6. The molecule has 6 nitrogen and oxygen atoms in total. The molecule has 0 fully saturated rings. The van der Waals surface area contributed by atoms with Crippen LogP contribution >= 0.6 is 0 Å². The van der Waals surface area contributed by atoms with Gasteiger partial charge < -0.3 is 10.6 Å². The minimum absolute atomic E-state index is 0.264. The Kier molecular flexibility index (Phi) is 4.11. The molecule has 0 aromatic carbocycles. The van der Waals surface area contributed by atoms with Crippen LogP contribution in [0.4, 0.5) is 11.8 Å². The standard InChI is InChI=1S/C14H24N6/c1-6-15-13-18-11(10-8-17-20-12(10)19-13)16-7-9(2)14(3,4)5/h8-9H,6-7H2,1-5H3,(H3,15,16,17,18,19,20). The van der Waals surface area contributed by atoms with Crippen LogP contribution in [0.3, 0.4) is 0 Å². The predicted molar refractivity (Wildman–Crippen MR) is 83.0 cm³/mol. The summed E-state index contributed by atoms with van der Waals surface area (Å²) in [4.78, 5) is 8.90. The molecule has 3 N–H and O–H groups in total. The summed E-state index contributed by atoms with van der Waals surface area (Å²) in [6, 6.07) is 0. The van der Waals surface area contributed by atoms with Crippen molar-refractivity contribution in [1.82, 2.24) is 20.2 Å². The molecular weight excluding hydrogens is 252 g/mol. The minimum atomic E-state index is 0.264. The van der Waals surface area contributed by atoms with Crippen LogP contribution in [0, 0.1) is 11.3 Å². The maximum absolute atomic E-state index is 4.52. The maximum Gasteiger partial charge on any atom is 0.226 e. The van der Waals surface area contributed by atoms with Gasteiger partial charge in [0.2, 0.25) is 5.95 Å². The number of H-pyrrole nitrogens is 1. The van der Waals surface area contributed by atoms with Gasteiger partial charge in [0.15, 0.2) is 5.65 Å². The molecule has 0 aliphatic heterocycles. The van der Waals surface area contributed by atoms with E-state index in [-0.39, 0.29) is 5.41 Å². The number of rotatable bonds is 5. The number of fused-ring (bicyclic) bond motifs is 1. The largest absolute Gasteiger partial charge is 0.369 e. The van der Waals surface area contributed by atoms with Crippen LogP contribution in [0.1, 0.15) is 34.6 Å². The lowest BCUT2D eigenvalue weighted by Gasteiger charge is -2.27. The molecule has 2 aromatic rings. The number of hydrogen-bond acceptors (Lipinski definition) is 5. The molecule has 0 saturated carbocycles. The predicted octanol–water partition coefficient (Wildman–Crippen LogP) is 2.88. The van der Waals surface area contributed by atoms with E-state index in [0.717, 1.165) is 29.9 Å². The second-order valence-electron chi connectivity index (χ2n) is 6.21. The number of nitrogens with zero attached hydrogens (tertiary/aromatic N) is 3. The number of anilines is 2. The first-order valence-corrected chi connectivity index (χ1v) is 7.10. The normalized spacial score (nSPS) is 13.4. The fraction of sp³-hybridized carbons (Fsp3) is 0.643. The van der Waals surface area contributed by atoms with Crippen LogP contribution in [0.25, 0.3) is 11.0 Å². The Labute approximate surface area is 119 Å². The quantitative estimate of drug-likeness (QED) is 0.782. The zero-order valence-corrected chi connectivity index (χ0v) is 12.9. The Bertz CT molecular complexity index is 569. The first-order chi connectivity index (χ1) is 9.41. The van der Waals surface area contributed by atoms with Crippen molar-refractivity contribution in [3.05, 3.63) is 6.20 Å². The molecule has 2 rings (SSSR count). The molecule has 0 aliphatic carbocycles. The Morgan fingerprint density at radius 3 is 2.65 bits per heavy atom. The summed E-state index contributed by atoms with van der Waals surface area (Å²) in [7, 11) is 0. The number of aromatic nitrogens is 4. The van der Waals surface area contributed by atoms with E-state index < -0.39 is 0 Å². The van der Waals surface area contributed by atoms with Gasteiger partial charge in [0.05, 0.1) is 11.6 Å². The molecular formula is C14H24N6. The number of aromatic amines is 1. The lowest BCUT2D eigenvalue weighted by atomic mass is 9.82. The second-order valence-corrected chi connectivity index (χ2v) is 6.21. The van der Waals surface area contributed by atoms with Gasteiger partial charge >= 0.3 is 0 Å². The molecule has 6 heteroatoms. The Morgan fingerprint density at radius 2 is 2.00 bits per heavy atom. The molecule has 20 heavy (non-hydrogen) atoms. The monoisotopic (exact) mass is 276 g/mol. The maximum atomic E-state index is 4.52. The van der Waals surface area contributed by atoms with Crippen molar-refractivity contribution >= 4 is 22.8 Å². The van der Waals surface area contributed by atoms with Crippen LogP contribution in [-0.4, -0.2) is 33.3 Å². The van der Waals surface area contributed by atoms with Crippen molar-refractivity contribution < 1.29 is 0 Å². The van der Waals surface area contributed by atoms with Crippen LogP contribution in [0.2, 0.25) is 0 Å². The van der Waals surface area contributed by atoms with E-state index in [2.05, 4.69) is 58.5 Å². The van der Waals surface area contributed by atoms with E-state index in [1.807, 2.05) is 6.92 Å². The van der Waals surface area contributed by atoms with Gasteiger partial charge in [-0.05, 0) is 18.3 Å². The van der Waals surface area contributed by atoms with Crippen molar-refractivity contribution in [3.8, 4) is 0 Å². The van der Waals surface area contributed by atoms with Gasteiger partial charge in [-0.1, -0.05) is 27.7 Å². The third-order valence-electron chi connectivity index (χ3n) is 3.70. The van der Waals surface area contributed by atoms with Crippen molar-refractivity contribution in [3.63, 3.8) is 0 Å². The van der Waals surface area contributed by atoms with E-state index in [1.54, 1.807) is 6.20 Å². The van der Waals surface area contributed by atoms with Gasteiger partial charge in [-0.25, -0.2) is 0 Å². The summed E-state index contributed by atoms with van der Waals surface area (Å²) in [5, 5.41) is 14.4. The summed E-state index contributed by atoms with van der Waals surface area (Å²) in [5.74, 6) is 1.98. The van der Waals surface area contributed by atoms with Gasteiger partial charge in [0, 0.05) is 13.1 Å². The zero-order valence-electron chi connectivity index (χ0n) is 12.9. The minimum Gasteiger partial charge on any atom is -0.369 e. The Morgan fingerprint density at radius 1 is 1.25 bits per heavy atom. The summed E-state index contributed by atoms with van der Waals surface area (Å²) in [6.07, 6.45) is 1.76. The van der Waals surface area contributed by atoms with E-state index >= 15 is 0 Å². The topological polar surface area (TPSA) is 78.5 Å². The van der Waals surface area contributed by atoms with Crippen LogP contribution in [-0.2, 0) is 0 Å². The molecule has 1 atom stereocenters. The smallest absolute Gasteiger partial charge is 0.226 e. The Hall–Kier alpha value is -1.85. The zero-order chi connectivity index (χ0) is 14.8. The fourth-order valence-electron chi connectivity index (χ4n) is 1.76. The highest BCUT2D eigenvalue weighted by Crippen LogP contribution is 2.26. The Balaban J connectivity index is 2.21. The molecule has 0 saturated heterocycles. The molecule has 2 aromatic heterocycles. The third-order valence-corrected chi connectivity index (χ3v) is 3.70. The first-order valence-electron chi connectivity index (χ1n) is 7.10.